The number of imidazole rings is 1. The average molecular weight is 338 g/mol. The second kappa shape index (κ2) is 6.91. The van der Waals surface area contributed by atoms with Gasteiger partial charge in [0, 0.05) is 48.9 Å². The van der Waals surface area contributed by atoms with Gasteiger partial charge in [0.25, 0.3) is 0 Å². The third-order valence-corrected chi connectivity index (χ3v) is 6.23. The Labute approximate surface area is 139 Å². The van der Waals surface area contributed by atoms with Gasteiger partial charge >= 0.3 is 0 Å². The topological polar surface area (TPSA) is 44.9 Å². The van der Waals surface area contributed by atoms with Crippen LogP contribution in [0.4, 0.5) is 0 Å². The van der Waals surface area contributed by atoms with E-state index in [1.807, 2.05) is 13.2 Å². The molecule has 0 amide bonds. The average Bonchev–Trinajstić information content (AvgIpc) is 3.09. The van der Waals surface area contributed by atoms with Crippen molar-refractivity contribution in [1.29, 1.82) is 0 Å². The molecule has 1 fully saturated rings. The van der Waals surface area contributed by atoms with Crippen LogP contribution in [0.3, 0.4) is 0 Å². The molecule has 0 saturated carbocycles. The first-order valence-corrected chi connectivity index (χ1v) is 9.58. The van der Waals surface area contributed by atoms with Gasteiger partial charge < -0.3 is 10.2 Å². The number of nitrogens with zero attached hydrogens (tertiary/aromatic N) is 4. The summed E-state index contributed by atoms with van der Waals surface area (Å²) in [4.78, 5) is 12.5. The van der Waals surface area contributed by atoms with Gasteiger partial charge in [-0.2, -0.15) is 11.8 Å². The Morgan fingerprint density at radius 1 is 1.55 bits per heavy atom. The molecule has 0 aliphatic carbocycles. The van der Waals surface area contributed by atoms with Crippen LogP contribution in [0.2, 0.25) is 0 Å². The summed E-state index contributed by atoms with van der Waals surface area (Å²) in [5, 5.41) is 6.20. The molecule has 0 bridgehead atoms. The second-order valence-electron chi connectivity index (χ2n) is 5.83. The van der Waals surface area contributed by atoms with E-state index in [0.29, 0.717) is 11.2 Å². The lowest BCUT2D eigenvalue weighted by molar-refractivity contribution is 0.380. The van der Waals surface area contributed by atoms with E-state index < -0.39 is 0 Å². The standard InChI is InChI=1S/C15H23N5S2/c1-11(2)13-10-19(4-6-21-13)14(16-3)17-8-12-9-20-5-7-22-15(20)18-12/h5,7,9,11,13H,4,6,8,10H2,1-3H3,(H,16,17). The zero-order valence-electron chi connectivity index (χ0n) is 13.3. The van der Waals surface area contributed by atoms with Crippen LogP contribution in [0.1, 0.15) is 19.5 Å². The van der Waals surface area contributed by atoms with E-state index in [4.69, 9.17) is 0 Å². The Morgan fingerprint density at radius 3 is 3.14 bits per heavy atom. The first kappa shape index (κ1) is 15.7. The summed E-state index contributed by atoms with van der Waals surface area (Å²) in [6, 6.07) is 0. The number of hydrogen-bond acceptors (Lipinski definition) is 4. The van der Waals surface area contributed by atoms with Crippen LogP contribution in [0.15, 0.2) is 22.8 Å². The third-order valence-electron chi connectivity index (χ3n) is 3.92. The van der Waals surface area contributed by atoms with E-state index in [1.165, 1.54) is 5.75 Å². The maximum absolute atomic E-state index is 4.61. The molecule has 7 heteroatoms. The number of thiazole rings is 1. The lowest BCUT2D eigenvalue weighted by atomic mass is 10.1. The summed E-state index contributed by atoms with van der Waals surface area (Å²) in [7, 11) is 1.86. The number of thioether (sulfide) groups is 1. The highest BCUT2D eigenvalue weighted by molar-refractivity contribution is 8.00. The van der Waals surface area contributed by atoms with E-state index in [9.17, 15) is 0 Å². The number of nitrogens with one attached hydrogen (secondary N) is 1. The van der Waals surface area contributed by atoms with E-state index >= 15 is 0 Å². The van der Waals surface area contributed by atoms with Gasteiger partial charge in [0.1, 0.15) is 0 Å². The maximum Gasteiger partial charge on any atom is 0.194 e. The van der Waals surface area contributed by atoms with Crippen LogP contribution in [-0.2, 0) is 6.54 Å². The van der Waals surface area contributed by atoms with Crippen LogP contribution >= 0.6 is 23.1 Å². The van der Waals surface area contributed by atoms with Crippen molar-refractivity contribution in [3.05, 3.63) is 23.5 Å². The summed E-state index contributed by atoms with van der Waals surface area (Å²) in [5.41, 5.74) is 1.06. The summed E-state index contributed by atoms with van der Waals surface area (Å²) in [5.74, 6) is 2.86. The molecule has 120 valence electrons. The largest absolute Gasteiger partial charge is 0.351 e. The maximum atomic E-state index is 4.61. The molecule has 1 saturated heterocycles. The van der Waals surface area contributed by atoms with Gasteiger partial charge in [-0.3, -0.25) is 9.39 Å². The molecule has 1 aliphatic heterocycles. The molecule has 0 radical (unpaired) electrons. The molecular weight excluding hydrogens is 314 g/mol. The SMILES string of the molecule is CN=C(NCc1cn2ccsc2n1)N1CCSC(C(C)C)C1. The Morgan fingerprint density at radius 2 is 2.41 bits per heavy atom. The van der Waals surface area contributed by atoms with Crippen LogP contribution in [-0.4, -0.2) is 51.4 Å². The van der Waals surface area contributed by atoms with E-state index in [2.05, 4.69) is 61.8 Å². The Balaban J connectivity index is 1.61. The van der Waals surface area contributed by atoms with Gasteiger partial charge in [0.2, 0.25) is 0 Å². The van der Waals surface area contributed by atoms with Crippen molar-refractivity contribution in [2.24, 2.45) is 10.9 Å². The van der Waals surface area contributed by atoms with Crippen LogP contribution in [0.25, 0.3) is 4.96 Å². The van der Waals surface area contributed by atoms with Gasteiger partial charge in [-0.1, -0.05) is 13.8 Å². The van der Waals surface area contributed by atoms with E-state index in [0.717, 1.165) is 36.2 Å². The first-order valence-electron chi connectivity index (χ1n) is 7.65. The first-order chi connectivity index (χ1) is 10.7. The minimum absolute atomic E-state index is 0.685. The predicted molar refractivity (Wildman–Crippen MR) is 95.9 cm³/mol. The smallest absolute Gasteiger partial charge is 0.194 e. The second-order valence-corrected chi connectivity index (χ2v) is 8.05. The van der Waals surface area contributed by atoms with Gasteiger partial charge in [-0.05, 0) is 5.92 Å². The lowest BCUT2D eigenvalue weighted by Crippen LogP contribution is -2.48. The number of aromatic nitrogens is 2. The van der Waals surface area contributed by atoms with Crippen molar-refractivity contribution in [1.82, 2.24) is 19.6 Å². The summed E-state index contributed by atoms with van der Waals surface area (Å²) < 4.78 is 2.07. The number of guanidine groups is 1. The van der Waals surface area contributed by atoms with Crippen LogP contribution < -0.4 is 5.32 Å². The molecular formula is C15H23N5S2. The third kappa shape index (κ3) is 3.41. The Kier molecular flexibility index (Phi) is 4.93. The highest BCUT2D eigenvalue weighted by atomic mass is 32.2. The van der Waals surface area contributed by atoms with Crippen LogP contribution in [0.5, 0.6) is 0 Å². The molecule has 0 spiro atoms. The van der Waals surface area contributed by atoms with Crippen molar-refractivity contribution >= 4 is 34.0 Å². The highest BCUT2D eigenvalue weighted by Crippen LogP contribution is 2.24. The summed E-state index contributed by atoms with van der Waals surface area (Å²) in [6.45, 7) is 7.45. The fourth-order valence-electron chi connectivity index (χ4n) is 2.63. The molecule has 3 rings (SSSR count). The molecule has 1 N–H and O–H groups in total. The Hall–Kier alpha value is -1.21. The monoisotopic (exact) mass is 337 g/mol. The normalized spacial score (nSPS) is 20.1. The van der Waals surface area contributed by atoms with Gasteiger partial charge in [0.05, 0.1) is 12.2 Å². The van der Waals surface area contributed by atoms with E-state index in [1.54, 1.807) is 11.3 Å². The molecule has 3 heterocycles. The van der Waals surface area contributed by atoms with E-state index in [-0.39, 0.29) is 0 Å². The molecule has 1 aliphatic rings. The lowest BCUT2D eigenvalue weighted by Gasteiger charge is -2.36. The molecule has 1 unspecified atom stereocenters. The molecule has 5 nitrogen and oxygen atoms in total. The van der Waals surface area contributed by atoms with Crippen molar-refractivity contribution in [2.75, 3.05) is 25.9 Å². The predicted octanol–water partition coefficient (Wildman–Crippen LogP) is 2.54. The Bertz CT molecular complexity index is 617. The summed E-state index contributed by atoms with van der Waals surface area (Å²) in [6.07, 6.45) is 4.12. The van der Waals surface area contributed by atoms with Crippen molar-refractivity contribution in [3.8, 4) is 0 Å². The number of fused-ring (bicyclic) bond motifs is 1. The molecule has 2 aromatic rings. The highest BCUT2D eigenvalue weighted by Gasteiger charge is 2.24. The zero-order chi connectivity index (χ0) is 15.5. The fourth-order valence-corrected chi connectivity index (χ4v) is 4.65. The van der Waals surface area contributed by atoms with Gasteiger partial charge in [-0.15, -0.1) is 11.3 Å². The number of hydrogen-bond donors (Lipinski definition) is 1. The summed E-state index contributed by atoms with van der Waals surface area (Å²) >= 11 is 3.74. The van der Waals surface area contributed by atoms with Crippen molar-refractivity contribution in [3.63, 3.8) is 0 Å². The van der Waals surface area contributed by atoms with Gasteiger partial charge in [-0.25, -0.2) is 4.98 Å². The fraction of sp³-hybridized carbons (Fsp3) is 0.600. The number of rotatable bonds is 3. The van der Waals surface area contributed by atoms with Crippen molar-refractivity contribution in [2.45, 2.75) is 25.6 Å². The van der Waals surface area contributed by atoms with Crippen molar-refractivity contribution < 1.29 is 0 Å². The molecule has 0 aromatic carbocycles. The zero-order valence-corrected chi connectivity index (χ0v) is 15.0. The number of aliphatic imine (C=N–C) groups is 1. The van der Waals surface area contributed by atoms with Crippen LogP contribution in [0, 0.1) is 5.92 Å². The van der Waals surface area contributed by atoms with Gasteiger partial charge in [0.15, 0.2) is 10.9 Å². The molecule has 2 aromatic heterocycles. The quantitative estimate of drug-likeness (QED) is 0.690. The minimum Gasteiger partial charge on any atom is -0.351 e. The minimum atomic E-state index is 0.685. The molecule has 22 heavy (non-hydrogen) atoms. The molecule has 1 atom stereocenters.